The zero-order chi connectivity index (χ0) is 10.4. The highest BCUT2D eigenvalue weighted by Gasteiger charge is 2.11. The summed E-state index contributed by atoms with van der Waals surface area (Å²) in [5.41, 5.74) is 0. The fraction of sp³-hybridized carbons (Fsp3) is 0.444. The predicted molar refractivity (Wildman–Crippen MR) is 60.1 cm³/mol. The van der Waals surface area contributed by atoms with Crippen molar-refractivity contribution in [2.75, 3.05) is 13.2 Å². The maximum Gasteiger partial charge on any atom is 0.130 e. The number of aliphatic hydroxyl groups is 1. The van der Waals surface area contributed by atoms with Crippen LogP contribution in [0.3, 0.4) is 0 Å². The number of aliphatic hydroxyl groups excluding tert-OH is 1. The first kappa shape index (κ1) is 11.7. The molecule has 1 atom stereocenters. The lowest BCUT2D eigenvalue weighted by molar-refractivity contribution is 0.285. The lowest BCUT2D eigenvalue weighted by Gasteiger charge is -2.07. The van der Waals surface area contributed by atoms with Crippen molar-refractivity contribution in [3.63, 3.8) is 0 Å². The summed E-state index contributed by atoms with van der Waals surface area (Å²) >= 11 is 4.89. The summed E-state index contributed by atoms with van der Waals surface area (Å²) in [6.45, 7) is 0.809. The second kappa shape index (κ2) is 6.14. The Bertz CT molecular complexity index is 321. The third-order valence-electron chi connectivity index (χ3n) is 1.68. The highest BCUT2D eigenvalue weighted by atomic mass is 79.9. The van der Waals surface area contributed by atoms with E-state index in [-0.39, 0.29) is 12.6 Å². The molecule has 0 amide bonds. The molecule has 1 aromatic heterocycles. The van der Waals surface area contributed by atoms with Gasteiger partial charge in [0.1, 0.15) is 6.04 Å². The molecule has 1 aromatic rings. The lowest BCUT2D eigenvalue weighted by atomic mass is 10.2. The Balaban J connectivity index is 2.51. The Morgan fingerprint density at radius 2 is 2.50 bits per heavy atom. The molecule has 1 heterocycles. The van der Waals surface area contributed by atoms with Gasteiger partial charge in [-0.05, 0) is 35.0 Å². The molecule has 0 aliphatic heterocycles. The Morgan fingerprint density at radius 1 is 1.71 bits per heavy atom. The van der Waals surface area contributed by atoms with Crippen LogP contribution in [0.15, 0.2) is 15.9 Å². The number of nitrogens with zero attached hydrogens (tertiary/aromatic N) is 1. The summed E-state index contributed by atoms with van der Waals surface area (Å²) in [5, 5.41) is 22.5. The van der Waals surface area contributed by atoms with E-state index >= 15 is 0 Å². The Kier molecular flexibility index (Phi) is 5.12. The van der Waals surface area contributed by atoms with E-state index in [1.54, 1.807) is 11.3 Å². The summed E-state index contributed by atoms with van der Waals surface area (Å²) in [6.07, 6.45) is 0.671. The zero-order valence-corrected chi connectivity index (χ0v) is 9.94. The number of nitriles is 1. The van der Waals surface area contributed by atoms with Crippen LogP contribution in [-0.4, -0.2) is 18.3 Å². The molecule has 0 fully saturated rings. The molecule has 0 saturated heterocycles. The van der Waals surface area contributed by atoms with Crippen LogP contribution >= 0.6 is 27.3 Å². The first-order valence-corrected chi connectivity index (χ1v) is 5.93. The quantitative estimate of drug-likeness (QED) is 0.809. The normalized spacial score (nSPS) is 12.4. The van der Waals surface area contributed by atoms with E-state index in [1.807, 2.05) is 11.4 Å². The second-order valence-corrected chi connectivity index (χ2v) is 4.62. The van der Waals surface area contributed by atoms with Crippen LogP contribution in [0, 0.1) is 11.3 Å². The minimum atomic E-state index is -0.266. The van der Waals surface area contributed by atoms with Crippen LogP contribution < -0.4 is 5.32 Å². The molecule has 5 heteroatoms. The van der Waals surface area contributed by atoms with Crippen molar-refractivity contribution >= 4 is 27.3 Å². The molecular formula is C9H11BrN2OS. The van der Waals surface area contributed by atoms with Crippen LogP contribution in [0.4, 0.5) is 0 Å². The third-order valence-corrected chi connectivity index (χ3v) is 3.44. The average Bonchev–Trinajstić information content (AvgIpc) is 2.60. The largest absolute Gasteiger partial charge is 0.396 e. The van der Waals surface area contributed by atoms with Crippen LogP contribution in [0.5, 0.6) is 0 Å². The van der Waals surface area contributed by atoms with Crippen LogP contribution in [0.2, 0.25) is 0 Å². The van der Waals surface area contributed by atoms with Gasteiger partial charge in [0.2, 0.25) is 0 Å². The van der Waals surface area contributed by atoms with Gasteiger partial charge in [0.05, 0.1) is 6.07 Å². The molecule has 0 radical (unpaired) electrons. The molecule has 0 bridgehead atoms. The van der Waals surface area contributed by atoms with Gasteiger partial charge in [-0.15, -0.1) is 11.3 Å². The number of halogens is 1. The fourth-order valence-electron chi connectivity index (χ4n) is 1.01. The summed E-state index contributed by atoms with van der Waals surface area (Å²) in [5.74, 6) is 0. The SMILES string of the molecule is N#CC(NCCCO)c1cc(Br)cs1. The van der Waals surface area contributed by atoms with Crippen LogP contribution in [-0.2, 0) is 0 Å². The van der Waals surface area contributed by atoms with Crippen molar-refractivity contribution in [2.24, 2.45) is 0 Å². The summed E-state index contributed by atoms with van der Waals surface area (Å²) in [4.78, 5) is 0.998. The Morgan fingerprint density at radius 3 is 3.00 bits per heavy atom. The van der Waals surface area contributed by atoms with E-state index in [0.29, 0.717) is 13.0 Å². The third kappa shape index (κ3) is 3.39. The Labute approximate surface area is 95.5 Å². The van der Waals surface area contributed by atoms with E-state index in [2.05, 4.69) is 27.3 Å². The zero-order valence-electron chi connectivity index (χ0n) is 7.53. The smallest absolute Gasteiger partial charge is 0.130 e. The summed E-state index contributed by atoms with van der Waals surface area (Å²) < 4.78 is 1.00. The standard InChI is InChI=1S/C9H11BrN2OS/c10-7-4-9(14-6-7)8(5-11)12-2-1-3-13/h4,6,8,12-13H,1-3H2. The van der Waals surface area contributed by atoms with Gasteiger partial charge in [-0.2, -0.15) is 5.26 Å². The number of hydrogen-bond acceptors (Lipinski definition) is 4. The highest BCUT2D eigenvalue weighted by Crippen LogP contribution is 2.25. The molecule has 76 valence electrons. The number of hydrogen-bond donors (Lipinski definition) is 2. The lowest BCUT2D eigenvalue weighted by Crippen LogP contribution is -2.20. The first-order chi connectivity index (χ1) is 6.77. The van der Waals surface area contributed by atoms with Crippen LogP contribution in [0.1, 0.15) is 17.3 Å². The van der Waals surface area contributed by atoms with E-state index in [9.17, 15) is 0 Å². The van der Waals surface area contributed by atoms with E-state index in [4.69, 9.17) is 10.4 Å². The van der Waals surface area contributed by atoms with Crippen molar-refractivity contribution in [3.05, 3.63) is 20.8 Å². The van der Waals surface area contributed by atoms with Gasteiger partial charge in [-0.25, -0.2) is 0 Å². The molecule has 1 unspecified atom stereocenters. The topological polar surface area (TPSA) is 56.0 Å². The van der Waals surface area contributed by atoms with Crippen molar-refractivity contribution < 1.29 is 5.11 Å². The molecule has 2 N–H and O–H groups in total. The monoisotopic (exact) mass is 274 g/mol. The van der Waals surface area contributed by atoms with E-state index < -0.39 is 0 Å². The molecule has 14 heavy (non-hydrogen) atoms. The maximum absolute atomic E-state index is 8.90. The highest BCUT2D eigenvalue weighted by molar-refractivity contribution is 9.10. The van der Waals surface area contributed by atoms with Gasteiger partial charge in [-0.3, -0.25) is 5.32 Å². The molecule has 0 spiro atoms. The van der Waals surface area contributed by atoms with E-state index in [0.717, 1.165) is 9.35 Å². The number of rotatable bonds is 5. The molecule has 0 aromatic carbocycles. The van der Waals surface area contributed by atoms with Crippen molar-refractivity contribution in [3.8, 4) is 6.07 Å². The van der Waals surface area contributed by atoms with Crippen LogP contribution in [0.25, 0.3) is 0 Å². The fourth-order valence-corrected chi connectivity index (χ4v) is 2.48. The Hall–Kier alpha value is -0.410. The second-order valence-electron chi connectivity index (χ2n) is 2.76. The maximum atomic E-state index is 8.90. The van der Waals surface area contributed by atoms with Gasteiger partial charge >= 0.3 is 0 Å². The van der Waals surface area contributed by atoms with Crippen molar-refractivity contribution in [1.82, 2.24) is 5.32 Å². The summed E-state index contributed by atoms with van der Waals surface area (Å²) in [7, 11) is 0. The van der Waals surface area contributed by atoms with E-state index in [1.165, 1.54) is 0 Å². The van der Waals surface area contributed by atoms with Gasteiger partial charge < -0.3 is 5.11 Å². The minimum absolute atomic E-state index is 0.152. The average molecular weight is 275 g/mol. The van der Waals surface area contributed by atoms with Gasteiger partial charge in [-0.1, -0.05) is 0 Å². The van der Waals surface area contributed by atoms with Gasteiger partial charge in [0, 0.05) is 21.3 Å². The molecule has 0 aliphatic rings. The first-order valence-electron chi connectivity index (χ1n) is 4.25. The minimum Gasteiger partial charge on any atom is -0.396 e. The van der Waals surface area contributed by atoms with Crippen molar-refractivity contribution in [1.29, 1.82) is 5.26 Å². The molecule has 0 aliphatic carbocycles. The summed E-state index contributed by atoms with van der Waals surface area (Å²) in [6, 6.07) is 3.86. The number of thiophene rings is 1. The molecule has 1 rings (SSSR count). The molecule has 0 saturated carbocycles. The number of nitrogens with one attached hydrogen (secondary N) is 1. The van der Waals surface area contributed by atoms with Gasteiger partial charge in [0.15, 0.2) is 0 Å². The molecule has 3 nitrogen and oxygen atoms in total. The van der Waals surface area contributed by atoms with Crippen molar-refractivity contribution in [2.45, 2.75) is 12.5 Å². The predicted octanol–water partition coefficient (Wildman–Crippen LogP) is 2.05. The molecular weight excluding hydrogens is 264 g/mol. The van der Waals surface area contributed by atoms with Gasteiger partial charge in [0.25, 0.3) is 0 Å².